The van der Waals surface area contributed by atoms with Crippen LogP contribution in [-0.4, -0.2) is 5.11 Å². The predicted octanol–water partition coefficient (Wildman–Crippen LogP) is 6.38. The molecular weight excluding hydrogens is 387 g/mol. The Hall–Kier alpha value is -2.27. The van der Waals surface area contributed by atoms with Gasteiger partial charge < -0.3 is 15.4 Å². The molecule has 0 fully saturated rings. The van der Waals surface area contributed by atoms with Gasteiger partial charge in [-0.15, -0.1) is 0 Å². The highest BCUT2D eigenvalue weighted by Crippen LogP contribution is 2.25. The Morgan fingerprint density at radius 2 is 1.62 bits per heavy atom. The Morgan fingerprint density at radius 1 is 0.885 bits per heavy atom. The van der Waals surface area contributed by atoms with Crippen LogP contribution in [0, 0.1) is 0 Å². The van der Waals surface area contributed by atoms with Gasteiger partial charge in [0.1, 0.15) is 12.4 Å². The van der Waals surface area contributed by atoms with Gasteiger partial charge in [-0.2, -0.15) is 0 Å². The SMILES string of the molecule is S=C(Nc1ccc(OCc2ccccc2)cc1)Nc1ccc(Cl)cc1Cl. The standard InChI is InChI=1S/C20H16Cl2N2OS/c21-15-6-11-19(18(22)12-15)24-20(26)23-16-7-9-17(10-8-16)25-13-14-4-2-1-3-5-14/h1-12H,13H2,(H2,23,24,26). The van der Waals surface area contributed by atoms with Crippen molar-refractivity contribution in [2.45, 2.75) is 6.61 Å². The van der Waals surface area contributed by atoms with Crippen LogP contribution in [0.15, 0.2) is 72.8 Å². The van der Waals surface area contributed by atoms with Crippen LogP contribution in [0.4, 0.5) is 11.4 Å². The lowest BCUT2D eigenvalue weighted by molar-refractivity contribution is 0.306. The molecule has 6 heteroatoms. The maximum Gasteiger partial charge on any atom is 0.175 e. The maximum absolute atomic E-state index is 6.13. The summed E-state index contributed by atoms with van der Waals surface area (Å²) in [4.78, 5) is 0. The molecule has 0 atom stereocenters. The second-order valence-corrected chi connectivity index (χ2v) is 6.75. The van der Waals surface area contributed by atoms with E-state index in [2.05, 4.69) is 10.6 Å². The molecule has 3 aromatic rings. The van der Waals surface area contributed by atoms with E-state index in [0.29, 0.717) is 27.5 Å². The highest BCUT2D eigenvalue weighted by atomic mass is 35.5. The van der Waals surface area contributed by atoms with Crippen molar-refractivity contribution in [1.82, 2.24) is 0 Å². The summed E-state index contributed by atoms with van der Waals surface area (Å²) in [5.74, 6) is 0.791. The smallest absolute Gasteiger partial charge is 0.175 e. The molecule has 0 saturated heterocycles. The number of hydrogen-bond acceptors (Lipinski definition) is 2. The quantitative estimate of drug-likeness (QED) is 0.484. The molecule has 0 unspecified atom stereocenters. The molecule has 132 valence electrons. The van der Waals surface area contributed by atoms with Crippen LogP contribution < -0.4 is 15.4 Å². The molecule has 0 spiro atoms. The first kappa shape index (κ1) is 18.5. The molecule has 0 amide bonds. The van der Waals surface area contributed by atoms with Crippen molar-refractivity contribution in [1.29, 1.82) is 0 Å². The Balaban J connectivity index is 1.54. The average molecular weight is 403 g/mol. The zero-order valence-electron chi connectivity index (χ0n) is 13.7. The second-order valence-electron chi connectivity index (χ2n) is 5.50. The fourth-order valence-corrected chi connectivity index (χ4v) is 2.93. The van der Waals surface area contributed by atoms with E-state index in [1.807, 2.05) is 54.6 Å². The fourth-order valence-electron chi connectivity index (χ4n) is 2.25. The minimum absolute atomic E-state index is 0.437. The molecule has 3 rings (SSSR count). The van der Waals surface area contributed by atoms with Gasteiger partial charge in [-0.05, 0) is 60.2 Å². The van der Waals surface area contributed by atoms with Crippen LogP contribution in [0.2, 0.25) is 10.0 Å². The van der Waals surface area contributed by atoms with E-state index in [4.69, 9.17) is 40.2 Å². The topological polar surface area (TPSA) is 33.3 Å². The van der Waals surface area contributed by atoms with E-state index in [1.165, 1.54) is 0 Å². The Labute approximate surface area is 167 Å². The van der Waals surface area contributed by atoms with Gasteiger partial charge >= 0.3 is 0 Å². The van der Waals surface area contributed by atoms with Crippen LogP contribution in [0.5, 0.6) is 5.75 Å². The second kappa shape index (κ2) is 8.90. The van der Waals surface area contributed by atoms with E-state index in [9.17, 15) is 0 Å². The average Bonchev–Trinajstić information content (AvgIpc) is 2.64. The third-order valence-electron chi connectivity index (χ3n) is 3.54. The first-order valence-electron chi connectivity index (χ1n) is 7.90. The first-order valence-corrected chi connectivity index (χ1v) is 9.06. The van der Waals surface area contributed by atoms with E-state index < -0.39 is 0 Å². The van der Waals surface area contributed by atoms with Crippen molar-refractivity contribution in [3.8, 4) is 5.75 Å². The summed E-state index contributed by atoms with van der Waals surface area (Å²) in [5, 5.41) is 7.67. The van der Waals surface area contributed by atoms with E-state index in [0.717, 1.165) is 17.0 Å². The van der Waals surface area contributed by atoms with Crippen LogP contribution in [0.1, 0.15) is 5.56 Å². The number of thiocarbonyl (C=S) groups is 1. The van der Waals surface area contributed by atoms with Gasteiger partial charge in [-0.3, -0.25) is 0 Å². The molecule has 0 saturated carbocycles. The fraction of sp³-hybridized carbons (Fsp3) is 0.0500. The number of halogens is 2. The van der Waals surface area contributed by atoms with E-state index >= 15 is 0 Å². The molecule has 26 heavy (non-hydrogen) atoms. The maximum atomic E-state index is 6.13. The number of benzene rings is 3. The number of ether oxygens (including phenoxy) is 1. The van der Waals surface area contributed by atoms with Gasteiger partial charge in [0.15, 0.2) is 5.11 Å². The molecule has 2 N–H and O–H groups in total. The Morgan fingerprint density at radius 3 is 2.31 bits per heavy atom. The van der Waals surface area contributed by atoms with Crippen molar-refractivity contribution in [2.24, 2.45) is 0 Å². The van der Waals surface area contributed by atoms with E-state index in [-0.39, 0.29) is 0 Å². The lowest BCUT2D eigenvalue weighted by atomic mass is 10.2. The summed E-state index contributed by atoms with van der Waals surface area (Å²) in [5.41, 5.74) is 2.66. The highest BCUT2D eigenvalue weighted by molar-refractivity contribution is 7.80. The summed E-state index contributed by atoms with van der Waals surface area (Å²) < 4.78 is 5.77. The normalized spacial score (nSPS) is 10.2. The van der Waals surface area contributed by atoms with Crippen molar-refractivity contribution in [3.05, 3.63) is 88.4 Å². The van der Waals surface area contributed by atoms with Gasteiger partial charge in [0, 0.05) is 10.7 Å². The summed E-state index contributed by atoms with van der Waals surface area (Å²) >= 11 is 17.3. The van der Waals surface area contributed by atoms with Gasteiger partial charge in [-0.1, -0.05) is 53.5 Å². The van der Waals surface area contributed by atoms with Crippen molar-refractivity contribution < 1.29 is 4.74 Å². The van der Waals surface area contributed by atoms with E-state index in [1.54, 1.807) is 18.2 Å². The summed E-state index contributed by atoms with van der Waals surface area (Å²) in [6, 6.07) is 22.8. The number of hydrogen-bond donors (Lipinski definition) is 2. The predicted molar refractivity (Wildman–Crippen MR) is 114 cm³/mol. The number of nitrogens with one attached hydrogen (secondary N) is 2. The molecule has 0 heterocycles. The molecule has 0 bridgehead atoms. The summed E-state index contributed by atoms with van der Waals surface area (Å²) in [6.07, 6.45) is 0. The molecule has 3 nitrogen and oxygen atoms in total. The lowest BCUT2D eigenvalue weighted by Crippen LogP contribution is -2.19. The van der Waals surface area contributed by atoms with Crippen molar-refractivity contribution in [3.63, 3.8) is 0 Å². The van der Waals surface area contributed by atoms with Crippen LogP contribution in [-0.2, 0) is 6.61 Å². The zero-order valence-corrected chi connectivity index (χ0v) is 16.0. The summed E-state index contributed by atoms with van der Waals surface area (Å²) in [7, 11) is 0. The van der Waals surface area contributed by atoms with Crippen LogP contribution in [0.25, 0.3) is 0 Å². The molecule has 0 aliphatic rings. The Bertz CT molecular complexity index is 886. The minimum Gasteiger partial charge on any atom is -0.489 e. The van der Waals surface area contributed by atoms with Crippen molar-refractivity contribution >= 4 is 51.9 Å². The zero-order chi connectivity index (χ0) is 18.4. The lowest BCUT2D eigenvalue weighted by Gasteiger charge is -2.12. The van der Waals surface area contributed by atoms with Gasteiger partial charge in [0.05, 0.1) is 10.7 Å². The third-order valence-corrected chi connectivity index (χ3v) is 4.29. The summed E-state index contributed by atoms with van der Waals surface area (Å²) in [6.45, 7) is 0.530. The van der Waals surface area contributed by atoms with Crippen LogP contribution in [0.3, 0.4) is 0 Å². The molecule has 3 aromatic carbocycles. The Kier molecular flexibility index (Phi) is 6.34. The van der Waals surface area contributed by atoms with Gasteiger partial charge in [0.25, 0.3) is 0 Å². The van der Waals surface area contributed by atoms with Crippen LogP contribution >= 0.6 is 35.4 Å². The molecule has 0 aliphatic heterocycles. The molecule has 0 radical (unpaired) electrons. The largest absolute Gasteiger partial charge is 0.489 e. The molecule has 0 aromatic heterocycles. The van der Waals surface area contributed by atoms with Gasteiger partial charge in [0.2, 0.25) is 0 Å². The number of anilines is 2. The van der Waals surface area contributed by atoms with Crippen molar-refractivity contribution in [2.75, 3.05) is 10.6 Å². The first-order chi connectivity index (χ1) is 12.6. The third kappa shape index (κ3) is 5.36. The molecule has 0 aliphatic carbocycles. The number of rotatable bonds is 5. The monoisotopic (exact) mass is 402 g/mol. The highest BCUT2D eigenvalue weighted by Gasteiger charge is 2.04. The van der Waals surface area contributed by atoms with Gasteiger partial charge in [-0.25, -0.2) is 0 Å². The minimum atomic E-state index is 0.437. The molecular formula is C20H16Cl2N2OS.